The van der Waals surface area contributed by atoms with Gasteiger partial charge < -0.3 is 9.80 Å². The van der Waals surface area contributed by atoms with Crippen molar-refractivity contribution in [2.75, 3.05) is 32.1 Å². The van der Waals surface area contributed by atoms with Gasteiger partial charge in [-0.15, -0.1) is 0 Å². The topological polar surface area (TPSA) is 43.2 Å². The molecule has 0 N–H and O–H groups in total. The SMILES string of the molecule is CN(C)C1CCN(c2cnccc2C#N)CC1. The molecule has 0 unspecified atom stereocenters. The van der Waals surface area contributed by atoms with Gasteiger partial charge in [0.05, 0.1) is 17.4 Å². The Morgan fingerprint density at radius 1 is 1.41 bits per heavy atom. The van der Waals surface area contributed by atoms with E-state index in [1.807, 2.05) is 0 Å². The first-order valence-corrected chi connectivity index (χ1v) is 5.98. The molecule has 0 aliphatic carbocycles. The van der Waals surface area contributed by atoms with E-state index in [0.29, 0.717) is 6.04 Å². The highest BCUT2D eigenvalue weighted by molar-refractivity contribution is 5.57. The van der Waals surface area contributed by atoms with Gasteiger partial charge in [-0.2, -0.15) is 5.26 Å². The van der Waals surface area contributed by atoms with Crippen molar-refractivity contribution >= 4 is 5.69 Å². The normalized spacial score (nSPS) is 17.2. The molecule has 0 bridgehead atoms. The van der Waals surface area contributed by atoms with Crippen LogP contribution in [0.15, 0.2) is 18.5 Å². The fourth-order valence-corrected chi connectivity index (χ4v) is 2.36. The van der Waals surface area contributed by atoms with Crippen LogP contribution in [0.2, 0.25) is 0 Å². The van der Waals surface area contributed by atoms with Crippen LogP contribution in [0.1, 0.15) is 18.4 Å². The molecule has 0 radical (unpaired) electrons. The number of aromatic nitrogens is 1. The molecule has 0 saturated carbocycles. The van der Waals surface area contributed by atoms with Gasteiger partial charge in [0.15, 0.2) is 0 Å². The van der Waals surface area contributed by atoms with Gasteiger partial charge in [-0.1, -0.05) is 0 Å². The largest absolute Gasteiger partial charge is 0.369 e. The molecule has 0 aromatic carbocycles. The van der Waals surface area contributed by atoms with Gasteiger partial charge in [0.25, 0.3) is 0 Å². The lowest BCUT2D eigenvalue weighted by Crippen LogP contribution is -2.42. The summed E-state index contributed by atoms with van der Waals surface area (Å²) in [5.41, 5.74) is 1.70. The minimum absolute atomic E-state index is 0.661. The van der Waals surface area contributed by atoms with Crippen molar-refractivity contribution in [2.45, 2.75) is 18.9 Å². The number of nitriles is 1. The maximum Gasteiger partial charge on any atom is 0.101 e. The van der Waals surface area contributed by atoms with Crippen molar-refractivity contribution in [3.8, 4) is 6.07 Å². The summed E-state index contributed by atoms with van der Waals surface area (Å²) in [4.78, 5) is 8.67. The van der Waals surface area contributed by atoms with Crippen LogP contribution in [0.4, 0.5) is 5.69 Å². The Hall–Kier alpha value is -1.60. The summed E-state index contributed by atoms with van der Waals surface area (Å²) in [5.74, 6) is 0. The summed E-state index contributed by atoms with van der Waals surface area (Å²) < 4.78 is 0. The number of hydrogen-bond donors (Lipinski definition) is 0. The van der Waals surface area contributed by atoms with Gasteiger partial charge >= 0.3 is 0 Å². The van der Waals surface area contributed by atoms with E-state index in [9.17, 15) is 0 Å². The van der Waals surface area contributed by atoms with E-state index < -0.39 is 0 Å². The van der Waals surface area contributed by atoms with E-state index in [0.717, 1.165) is 37.2 Å². The van der Waals surface area contributed by atoms with E-state index in [-0.39, 0.29) is 0 Å². The molecule has 2 rings (SSSR count). The van der Waals surface area contributed by atoms with Gasteiger partial charge in [-0.3, -0.25) is 4.98 Å². The first-order valence-electron chi connectivity index (χ1n) is 5.98. The molecule has 2 heterocycles. The maximum absolute atomic E-state index is 9.08. The highest BCUT2D eigenvalue weighted by atomic mass is 15.2. The number of anilines is 1. The first-order chi connectivity index (χ1) is 8.22. The van der Waals surface area contributed by atoms with E-state index in [2.05, 4.69) is 34.9 Å². The molecule has 0 spiro atoms. The van der Waals surface area contributed by atoms with E-state index >= 15 is 0 Å². The number of piperidine rings is 1. The maximum atomic E-state index is 9.08. The van der Waals surface area contributed by atoms with Crippen LogP contribution in [0.3, 0.4) is 0 Å². The monoisotopic (exact) mass is 230 g/mol. The number of hydrogen-bond acceptors (Lipinski definition) is 4. The van der Waals surface area contributed by atoms with Crippen LogP contribution in [0, 0.1) is 11.3 Å². The Kier molecular flexibility index (Phi) is 3.60. The third-order valence-corrected chi connectivity index (χ3v) is 3.46. The lowest BCUT2D eigenvalue weighted by atomic mass is 10.0. The van der Waals surface area contributed by atoms with Crippen molar-refractivity contribution in [3.63, 3.8) is 0 Å². The standard InChI is InChI=1S/C13H18N4/c1-16(2)12-4-7-17(8-5-12)13-10-15-6-3-11(13)9-14/h3,6,10,12H,4-5,7-8H2,1-2H3. The zero-order chi connectivity index (χ0) is 12.3. The molecular formula is C13H18N4. The van der Waals surface area contributed by atoms with Crippen LogP contribution >= 0.6 is 0 Å². The summed E-state index contributed by atoms with van der Waals surface area (Å²) in [7, 11) is 4.26. The molecule has 1 aliphatic heterocycles. The predicted molar refractivity (Wildman–Crippen MR) is 67.9 cm³/mol. The minimum atomic E-state index is 0.661. The zero-order valence-electron chi connectivity index (χ0n) is 10.4. The summed E-state index contributed by atoms with van der Waals surface area (Å²) in [6.45, 7) is 2.01. The molecule has 4 heteroatoms. The smallest absolute Gasteiger partial charge is 0.101 e. The average Bonchev–Trinajstić information content (AvgIpc) is 2.39. The van der Waals surface area contributed by atoms with Crippen LogP contribution < -0.4 is 4.90 Å². The highest BCUT2D eigenvalue weighted by Crippen LogP contribution is 2.23. The molecule has 0 atom stereocenters. The zero-order valence-corrected chi connectivity index (χ0v) is 10.4. The predicted octanol–water partition coefficient (Wildman–Crippen LogP) is 1.48. The molecule has 90 valence electrons. The van der Waals surface area contributed by atoms with Gasteiger partial charge in [-0.05, 0) is 33.0 Å². The lowest BCUT2D eigenvalue weighted by Gasteiger charge is -2.36. The number of rotatable bonds is 2. The summed E-state index contributed by atoms with van der Waals surface area (Å²) in [6, 6.07) is 4.68. The molecular weight excluding hydrogens is 212 g/mol. The molecule has 1 aliphatic rings. The highest BCUT2D eigenvalue weighted by Gasteiger charge is 2.22. The fraction of sp³-hybridized carbons (Fsp3) is 0.538. The fourth-order valence-electron chi connectivity index (χ4n) is 2.36. The first kappa shape index (κ1) is 11.9. The van der Waals surface area contributed by atoms with Crippen molar-refractivity contribution < 1.29 is 0 Å². The second kappa shape index (κ2) is 5.15. The quantitative estimate of drug-likeness (QED) is 0.772. The second-order valence-electron chi connectivity index (χ2n) is 4.69. The summed E-state index contributed by atoms with van der Waals surface area (Å²) >= 11 is 0. The van der Waals surface area contributed by atoms with E-state index in [1.165, 1.54) is 0 Å². The Labute approximate surface area is 102 Å². The third-order valence-electron chi connectivity index (χ3n) is 3.46. The molecule has 1 aromatic rings. The Morgan fingerprint density at radius 2 is 2.12 bits per heavy atom. The van der Waals surface area contributed by atoms with Gasteiger partial charge in [0.1, 0.15) is 6.07 Å². The van der Waals surface area contributed by atoms with Crippen LogP contribution in [0.5, 0.6) is 0 Å². The molecule has 4 nitrogen and oxygen atoms in total. The lowest BCUT2D eigenvalue weighted by molar-refractivity contribution is 0.249. The van der Waals surface area contributed by atoms with Crippen LogP contribution in [-0.4, -0.2) is 43.1 Å². The Balaban J connectivity index is 2.08. The van der Waals surface area contributed by atoms with E-state index in [1.54, 1.807) is 18.5 Å². The van der Waals surface area contributed by atoms with Crippen LogP contribution in [0.25, 0.3) is 0 Å². The Bertz CT molecular complexity index is 414. The molecule has 1 fully saturated rings. The van der Waals surface area contributed by atoms with Crippen molar-refractivity contribution in [1.29, 1.82) is 5.26 Å². The molecule has 1 aromatic heterocycles. The number of pyridine rings is 1. The van der Waals surface area contributed by atoms with Gasteiger partial charge in [-0.25, -0.2) is 0 Å². The van der Waals surface area contributed by atoms with Crippen molar-refractivity contribution in [2.24, 2.45) is 0 Å². The third kappa shape index (κ3) is 2.56. The number of nitrogens with zero attached hydrogens (tertiary/aromatic N) is 4. The van der Waals surface area contributed by atoms with E-state index in [4.69, 9.17) is 5.26 Å². The van der Waals surface area contributed by atoms with Crippen molar-refractivity contribution in [1.82, 2.24) is 9.88 Å². The molecule has 17 heavy (non-hydrogen) atoms. The summed E-state index contributed by atoms with van der Waals surface area (Å²) in [6.07, 6.45) is 5.77. The van der Waals surface area contributed by atoms with Gasteiger partial charge in [0.2, 0.25) is 0 Å². The minimum Gasteiger partial charge on any atom is -0.369 e. The van der Waals surface area contributed by atoms with Crippen molar-refractivity contribution in [3.05, 3.63) is 24.0 Å². The Morgan fingerprint density at radius 3 is 2.71 bits per heavy atom. The second-order valence-corrected chi connectivity index (χ2v) is 4.69. The average molecular weight is 230 g/mol. The summed E-state index contributed by atoms with van der Waals surface area (Å²) in [5, 5.41) is 9.08. The molecule has 0 amide bonds. The molecule has 1 saturated heterocycles. The van der Waals surface area contributed by atoms with Crippen LogP contribution in [-0.2, 0) is 0 Å². The van der Waals surface area contributed by atoms with Gasteiger partial charge in [0, 0.05) is 25.3 Å².